The molecule has 0 spiro atoms. The van der Waals surface area contributed by atoms with Crippen LogP contribution in [0.5, 0.6) is 5.88 Å². The maximum Gasteiger partial charge on any atom is 0.214 e. The predicted octanol–water partition coefficient (Wildman–Crippen LogP) is 2.22. The van der Waals surface area contributed by atoms with Gasteiger partial charge in [0.25, 0.3) is 0 Å². The Morgan fingerprint density at radius 3 is 3.20 bits per heavy atom. The Labute approximate surface area is 98.4 Å². The van der Waals surface area contributed by atoms with Gasteiger partial charge in [-0.15, -0.1) is 0 Å². The molecule has 0 aliphatic carbocycles. The van der Waals surface area contributed by atoms with Crippen LogP contribution >= 0.6 is 15.9 Å². The largest absolute Gasteiger partial charge is 0.477 e. The Hall–Kier alpha value is -0.610. The van der Waals surface area contributed by atoms with Crippen molar-refractivity contribution >= 4 is 15.9 Å². The lowest BCUT2D eigenvalue weighted by molar-refractivity contribution is 0.212. The first-order chi connectivity index (χ1) is 7.34. The fourth-order valence-electron chi connectivity index (χ4n) is 1.74. The number of hydrogen-bond acceptors (Lipinski definition) is 3. The molecule has 1 aliphatic heterocycles. The smallest absolute Gasteiger partial charge is 0.214 e. The summed E-state index contributed by atoms with van der Waals surface area (Å²) in [6.45, 7) is 2.97. The molecule has 0 aromatic carbocycles. The van der Waals surface area contributed by atoms with E-state index in [0.717, 1.165) is 24.3 Å². The van der Waals surface area contributed by atoms with Crippen LogP contribution in [0, 0.1) is 5.92 Å². The molecular formula is C11H15BrN2O. The molecule has 2 heterocycles. The molecule has 1 N–H and O–H groups in total. The molecule has 0 amide bonds. The molecule has 1 unspecified atom stereocenters. The number of nitrogens with one attached hydrogen (secondary N) is 1. The lowest BCUT2D eigenvalue weighted by Gasteiger charge is -2.22. The Bertz CT molecular complexity index is 313. The molecule has 1 aromatic heterocycles. The number of halogens is 1. The second-order valence-electron chi connectivity index (χ2n) is 3.82. The minimum atomic E-state index is 0.625. The van der Waals surface area contributed by atoms with E-state index >= 15 is 0 Å². The minimum Gasteiger partial charge on any atom is -0.477 e. The zero-order valence-electron chi connectivity index (χ0n) is 8.58. The second kappa shape index (κ2) is 5.47. The molecule has 15 heavy (non-hydrogen) atoms. The van der Waals surface area contributed by atoms with Crippen LogP contribution in [0.2, 0.25) is 0 Å². The van der Waals surface area contributed by atoms with Gasteiger partial charge in [0, 0.05) is 18.5 Å². The lowest BCUT2D eigenvalue weighted by atomic mass is 10.0. The molecule has 1 aliphatic rings. The summed E-state index contributed by atoms with van der Waals surface area (Å²) in [6, 6.07) is 5.72. The number of aromatic nitrogens is 1. The van der Waals surface area contributed by atoms with Gasteiger partial charge in [-0.2, -0.15) is 0 Å². The highest BCUT2D eigenvalue weighted by Gasteiger charge is 2.13. The summed E-state index contributed by atoms with van der Waals surface area (Å²) in [5.74, 6) is 1.33. The third kappa shape index (κ3) is 3.47. The Kier molecular flexibility index (Phi) is 3.97. The first-order valence-electron chi connectivity index (χ1n) is 5.30. The van der Waals surface area contributed by atoms with Gasteiger partial charge < -0.3 is 10.1 Å². The van der Waals surface area contributed by atoms with Crippen LogP contribution in [0.3, 0.4) is 0 Å². The Morgan fingerprint density at radius 2 is 2.47 bits per heavy atom. The van der Waals surface area contributed by atoms with Crippen LogP contribution in [0.25, 0.3) is 0 Å². The van der Waals surface area contributed by atoms with Gasteiger partial charge in [-0.3, -0.25) is 0 Å². The first kappa shape index (κ1) is 10.9. The van der Waals surface area contributed by atoms with E-state index in [1.54, 1.807) is 0 Å². The lowest BCUT2D eigenvalue weighted by Crippen LogP contribution is -2.33. The van der Waals surface area contributed by atoms with E-state index in [0.29, 0.717) is 11.8 Å². The van der Waals surface area contributed by atoms with Crippen molar-refractivity contribution in [2.75, 3.05) is 19.7 Å². The number of ether oxygens (including phenoxy) is 1. The maximum atomic E-state index is 5.65. The Balaban J connectivity index is 1.81. The molecule has 1 atom stereocenters. The summed E-state index contributed by atoms with van der Waals surface area (Å²) in [5, 5.41) is 3.37. The topological polar surface area (TPSA) is 34.1 Å². The number of hydrogen-bond donors (Lipinski definition) is 1. The van der Waals surface area contributed by atoms with Gasteiger partial charge in [-0.25, -0.2) is 4.98 Å². The zero-order chi connectivity index (χ0) is 10.5. The fourth-order valence-corrected chi connectivity index (χ4v) is 2.07. The molecule has 2 rings (SSSR count). The molecule has 82 valence electrons. The van der Waals surface area contributed by atoms with Gasteiger partial charge >= 0.3 is 0 Å². The number of rotatable bonds is 3. The van der Waals surface area contributed by atoms with Gasteiger partial charge in [0.15, 0.2) is 0 Å². The SMILES string of the molecule is Brc1cccc(OCC2CCCNC2)n1. The van der Waals surface area contributed by atoms with E-state index in [4.69, 9.17) is 4.74 Å². The average molecular weight is 271 g/mol. The molecule has 1 saturated heterocycles. The first-order valence-corrected chi connectivity index (χ1v) is 6.10. The summed E-state index contributed by atoms with van der Waals surface area (Å²) in [4.78, 5) is 4.23. The highest BCUT2D eigenvalue weighted by Crippen LogP contribution is 2.15. The molecular weight excluding hydrogens is 256 g/mol. The van der Waals surface area contributed by atoms with Gasteiger partial charge in [-0.05, 0) is 41.4 Å². The van der Waals surface area contributed by atoms with E-state index in [1.165, 1.54) is 12.8 Å². The van der Waals surface area contributed by atoms with Crippen molar-refractivity contribution in [2.45, 2.75) is 12.8 Å². The van der Waals surface area contributed by atoms with Gasteiger partial charge in [0.05, 0.1) is 6.61 Å². The maximum absolute atomic E-state index is 5.65. The van der Waals surface area contributed by atoms with E-state index in [2.05, 4.69) is 26.2 Å². The van der Waals surface area contributed by atoms with Gasteiger partial charge in [-0.1, -0.05) is 6.07 Å². The van der Waals surface area contributed by atoms with Crippen molar-refractivity contribution in [3.63, 3.8) is 0 Å². The van der Waals surface area contributed by atoms with Crippen molar-refractivity contribution < 1.29 is 4.74 Å². The molecule has 0 saturated carbocycles. The average Bonchev–Trinajstić information content (AvgIpc) is 2.28. The molecule has 1 fully saturated rings. The highest BCUT2D eigenvalue weighted by atomic mass is 79.9. The summed E-state index contributed by atoms with van der Waals surface area (Å²) in [6.07, 6.45) is 2.50. The minimum absolute atomic E-state index is 0.625. The third-order valence-corrected chi connectivity index (χ3v) is 3.00. The summed E-state index contributed by atoms with van der Waals surface area (Å²) < 4.78 is 6.47. The zero-order valence-corrected chi connectivity index (χ0v) is 10.2. The quantitative estimate of drug-likeness (QED) is 0.856. The van der Waals surface area contributed by atoms with E-state index in [1.807, 2.05) is 18.2 Å². The van der Waals surface area contributed by atoms with Crippen LogP contribution in [0.15, 0.2) is 22.8 Å². The van der Waals surface area contributed by atoms with Crippen molar-refractivity contribution in [3.05, 3.63) is 22.8 Å². The summed E-state index contributed by atoms with van der Waals surface area (Å²) >= 11 is 3.32. The number of nitrogens with zero attached hydrogens (tertiary/aromatic N) is 1. The second-order valence-corrected chi connectivity index (χ2v) is 4.63. The van der Waals surface area contributed by atoms with Crippen molar-refractivity contribution in [2.24, 2.45) is 5.92 Å². The third-order valence-electron chi connectivity index (χ3n) is 2.56. The van der Waals surface area contributed by atoms with Gasteiger partial charge in [0.2, 0.25) is 5.88 Å². The number of piperidine rings is 1. The summed E-state index contributed by atoms with van der Waals surface area (Å²) in [5.41, 5.74) is 0. The standard InChI is InChI=1S/C11H15BrN2O/c12-10-4-1-5-11(14-10)15-8-9-3-2-6-13-7-9/h1,4-5,9,13H,2-3,6-8H2. The molecule has 0 radical (unpaired) electrons. The van der Waals surface area contributed by atoms with Crippen molar-refractivity contribution in [1.29, 1.82) is 0 Å². The molecule has 4 heteroatoms. The van der Waals surface area contributed by atoms with E-state index < -0.39 is 0 Å². The Morgan fingerprint density at radius 1 is 1.53 bits per heavy atom. The van der Waals surface area contributed by atoms with Crippen molar-refractivity contribution in [3.8, 4) is 5.88 Å². The van der Waals surface area contributed by atoms with Crippen LogP contribution in [-0.4, -0.2) is 24.7 Å². The molecule has 1 aromatic rings. The number of pyridine rings is 1. The van der Waals surface area contributed by atoms with Crippen LogP contribution in [0.1, 0.15) is 12.8 Å². The highest BCUT2D eigenvalue weighted by molar-refractivity contribution is 9.10. The van der Waals surface area contributed by atoms with E-state index in [-0.39, 0.29) is 0 Å². The van der Waals surface area contributed by atoms with Gasteiger partial charge in [0.1, 0.15) is 4.60 Å². The molecule has 0 bridgehead atoms. The monoisotopic (exact) mass is 270 g/mol. The fraction of sp³-hybridized carbons (Fsp3) is 0.545. The van der Waals surface area contributed by atoms with E-state index in [9.17, 15) is 0 Å². The van der Waals surface area contributed by atoms with Crippen LogP contribution < -0.4 is 10.1 Å². The molecule has 3 nitrogen and oxygen atoms in total. The normalized spacial score (nSPS) is 21.3. The van der Waals surface area contributed by atoms with Crippen LogP contribution in [-0.2, 0) is 0 Å². The predicted molar refractivity (Wildman–Crippen MR) is 63.0 cm³/mol. The van der Waals surface area contributed by atoms with Crippen molar-refractivity contribution in [1.82, 2.24) is 10.3 Å². The summed E-state index contributed by atoms with van der Waals surface area (Å²) in [7, 11) is 0. The van der Waals surface area contributed by atoms with Crippen LogP contribution in [0.4, 0.5) is 0 Å².